The number of nitrogens with zero attached hydrogens (tertiary/aromatic N) is 2. The van der Waals surface area contributed by atoms with Crippen LogP contribution in [0.25, 0.3) is 0 Å². The molecule has 0 atom stereocenters. The average molecular weight is 329 g/mol. The molecule has 1 saturated carbocycles. The van der Waals surface area contributed by atoms with Gasteiger partial charge in [0.15, 0.2) is 0 Å². The number of hydrogen-bond donors (Lipinski definition) is 1. The quantitative estimate of drug-likeness (QED) is 0.835. The summed E-state index contributed by atoms with van der Waals surface area (Å²) in [5.74, 6) is 1.11. The third kappa shape index (κ3) is 4.50. The second-order valence-electron chi connectivity index (χ2n) is 7.39. The maximum Gasteiger partial charge on any atom is 0.253 e. The van der Waals surface area contributed by atoms with Gasteiger partial charge in [0.25, 0.3) is 5.91 Å². The van der Waals surface area contributed by atoms with E-state index in [2.05, 4.69) is 36.3 Å². The number of rotatable bonds is 7. The SMILES string of the molecule is CCCN(C)c1ccc(C(=O)N2CCC(NCC3CC3)CC2)cc1. The number of hydrogen-bond acceptors (Lipinski definition) is 3. The summed E-state index contributed by atoms with van der Waals surface area (Å²) in [6, 6.07) is 8.67. The van der Waals surface area contributed by atoms with Crippen LogP contribution in [0.15, 0.2) is 24.3 Å². The van der Waals surface area contributed by atoms with Crippen LogP contribution in [0, 0.1) is 5.92 Å². The molecule has 0 spiro atoms. The Labute approximate surface area is 146 Å². The summed E-state index contributed by atoms with van der Waals surface area (Å²) >= 11 is 0. The molecule has 1 amide bonds. The second kappa shape index (κ2) is 8.02. The van der Waals surface area contributed by atoms with Crippen molar-refractivity contribution >= 4 is 11.6 Å². The van der Waals surface area contributed by atoms with E-state index in [1.54, 1.807) is 0 Å². The van der Waals surface area contributed by atoms with Crippen LogP contribution < -0.4 is 10.2 Å². The molecule has 1 aliphatic heterocycles. The molecule has 1 aromatic carbocycles. The van der Waals surface area contributed by atoms with Gasteiger partial charge in [-0.05, 0) is 68.8 Å². The van der Waals surface area contributed by atoms with Gasteiger partial charge in [-0.25, -0.2) is 0 Å². The molecule has 0 bridgehead atoms. The van der Waals surface area contributed by atoms with Gasteiger partial charge in [-0.3, -0.25) is 4.79 Å². The first-order valence-electron chi connectivity index (χ1n) is 9.51. The van der Waals surface area contributed by atoms with Crippen molar-refractivity contribution in [2.75, 3.05) is 38.1 Å². The number of likely N-dealkylation sites (tertiary alicyclic amines) is 1. The maximum absolute atomic E-state index is 12.7. The molecule has 4 heteroatoms. The lowest BCUT2D eigenvalue weighted by molar-refractivity contribution is 0.0705. The first-order valence-corrected chi connectivity index (χ1v) is 9.51. The number of amides is 1. The summed E-state index contributed by atoms with van der Waals surface area (Å²) in [6.07, 6.45) is 6.08. The molecule has 1 saturated heterocycles. The normalized spacial score (nSPS) is 18.7. The van der Waals surface area contributed by atoms with E-state index in [1.165, 1.54) is 25.1 Å². The third-order valence-corrected chi connectivity index (χ3v) is 5.29. The van der Waals surface area contributed by atoms with Crippen molar-refractivity contribution in [2.24, 2.45) is 5.92 Å². The standard InChI is InChI=1S/C20H31N3O/c1-3-12-22(2)19-8-6-17(7-9-19)20(24)23-13-10-18(11-14-23)21-15-16-4-5-16/h6-9,16,18,21H,3-5,10-15H2,1-2H3. The largest absolute Gasteiger partial charge is 0.375 e. The Balaban J connectivity index is 1.49. The van der Waals surface area contributed by atoms with Gasteiger partial charge in [0, 0.05) is 44.0 Å². The van der Waals surface area contributed by atoms with Crippen molar-refractivity contribution in [2.45, 2.75) is 45.1 Å². The zero-order valence-corrected chi connectivity index (χ0v) is 15.1. The van der Waals surface area contributed by atoms with Crippen molar-refractivity contribution in [3.05, 3.63) is 29.8 Å². The fourth-order valence-corrected chi connectivity index (χ4v) is 3.45. The minimum atomic E-state index is 0.181. The molecule has 2 aliphatic rings. The highest BCUT2D eigenvalue weighted by atomic mass is 16.2. The molecule has 0 radical (unpaired) electrons. The van der Waals surface area contributed by atoms with E-state index >= 15 is 0 Å². The Morgan fingerprint density at radius 2 is 1.83 bits per heavy atom. The zero-order chi connectivity index (χ0) is 16.9. The van der Waals surface area contributed by atoms with Crippen molar-refractivity contribution < 1.29 is 4.79 Å². The predicted octanol–water partition coefficient (Wildman–Crippen LogP) is 3.14. The van der Waals surface area contributed by atoms with Gasteiger partial charge in [-0.15, -0.1) is 0 Å². The summed E-state index contributed by atoms with van der Waals surface area (Å²) < 4.78 is 0. The predicted molar refractivity (Wildman–Crippen MR) is 99.7 cm³/mol. The topological polar surface area (TPSA) is 35.6 Å². The molecule has 0 aromatic heterocycles. The molecule has 1 N–H and O–H groups in total. The van der Waals surface area contributed by atoms with E-state index < -0.39 is 0 Å². The number of carbonyl (C=O) groups excluding carboxylic acids is 1. The Bertz CT molecular complexity index is 530. The second-order valence-corrected chi connectivity index (χ2v) is 7.39. The monoisotopic (exact) mass is 329 g/mol. The summed E-state index contributed by atoms with van der Waals surface area (Å²) in [5.41, 5.74) is 1.99. The van der Waals surface area contributed by atoms with Crippen LogP contribution in [0.4, 0.5) is 5.69 Å². The molecular weight excluding hydrogens is 298 g/mol. The van der Waals surface area contributed by atoms with Crippen LogP contribution in [-0.4, -0.2) is 50.1 Å². The highest BCUT2D eigenvalue weighted by Gasteiger charge is 2.26. The van der Waals surface area contributed by atoms with Gasteiger partial charge in [0.1, 0.15) is 0 Å². The van der Waals surface area contributed by atoms with Crippen LogP contribution in [-0.2, 0) is 0 Å². The number of nitrogens with one attached hydrogen (secondary N) is 1. The van der Waals surface area contributed by atoms with Crippen molar-refractivity contribution in [1.29, 1.82) is 0 Å². The van der Waals surface area contributed by atoms with E-state index in [1.807, 2.05) is 17.0 Å². The molecule has 2 fully saturated rings. The molecule has 3 rings (SSSR count). The average Bonchev–Trinajstić information content (AvgIpc) is 3.45. The number of carbonyl (C=O) groups is 1. The van der Waals surface area contributed by atoms with Crippen molar-refractivity contribution in [1.82, 2.24) is 10.2 Å². The van der Waals surface area contributed by atoms with Gasteiger partial charge in [-0.1, -0.05) is 6.92 Å². The summed E-state index contributed by atoms with van der Waals surface area (Å²) in [5, 5.41) is 3.67. The van der Waals surface area contributed by atoms with Crippen LogP contribution in [0.3, 0.4) is 0 Å². The zero-order valence-electron chi connectivity index (χ0n) is 15.1. The molecule has 1 aliphatic carbocycles. The molecule has 24 heavy (non-hydrogen) atoms. The Kier molecular flexibility index (Phi) is 5.77. The smallest absolute Gasteiger partial charge is 0.253 e. The Hall–Kier alpha value is -1.55. The van der Waals surface area contributed by atoms with E-state index in [0.717, 1.165) is 50.4 Å². The van der Waals surface area contributed by atoms with Gasteiger partial charge >= 0.3 is 0 Å². The van der Waals surface area contributed by atoms with Crippen molar-refractivity contribution in [3.63, 3.8) is 0 Å². The Morgan fingerprint density at radius 3 is 2.42 bits per heavy atom. The lowest BCUT2D eigenvalue weighted by Crippen LogP contribution is -2.45. The van der Waals surface area contributed by atoms with Crippen LogP contribution in [0.2, 0.25) is 0 Å². The highest BCUT2D eigenvalue weighted by Crippen LogP contribution is 2.28. The molecule has 1 heterocycles. The maximum atomic E-state index is 12.7. The lowest BCUT2D eigenvalue weighted by Gasteiger charge is -2.32. The number of piperidine rings is 1. The van der Waals surface area contributed by atoms with Gasteiger partial charge in [0.05, 0.1) is 0 Å². The van der Waals surface area contributed by atoms with E-state index in [-0.39, 0.29) is 5.91 Å². The Morgan fingerprint density at radius 1 is 1.17 bits per heavy atom. The third-order valence-electron chi connectivity index (χ3n) is 5.29. The summed E-state index contributed by atoms with van der Waals surface area (Å²) in [4.78, 5) is 16.9. The van der Waals surface area contributed by atoms with Crippen molar-refractivity contribution in [3.8, 4) is 0 Å². The van der Waals surface area contributed by atoms with E-state index in [4.69, 9.17) is 0 Å². The van der Waals surface area contributed by atoms with E-state index in [0.29, 0.717) is 6.04 Å². The number of anilines is 1. The van der Waals surface area contributed by atoms with Crippen LogP contribution in [0.5, 0.6) is 0 Å². The van der Waals surface area contributed by atoms with Gasteiger partial charge in [0.2, 0.25) is 0 Å². The number of benzene rings is 1. The summed E-state index contributed by atoms with van der Waals surface area (Å²) in [6.45, 7) is 6.13. The molecule has 0 unspecified atom stereocenters. The molecule has 4 nitrogen and oxygen atoms in total. The van der Waals surface area contributed by atoms with E-state index in [9.17, 15) is 4.79 Å². The van der Waals surface area contributed by atoms with Gasteiger partial charge in [-0.2, -0.15) is 0 Å². The minimum Gasteiger partial charge on any atom is -0.375 e. The fraction of sp³-hybridized carbons (Fsp3) is 0.650. The van der Waals surface area contributed by atoms with Gasteiger partial charge < -0.3 is 15.1 Å². The minimum absolute atomic E-state index is 0.181. The molecule has 132 valence electrons. The first-order chi connectivity index (χ1) is 11.7. The highest BCUT2D eigenvalue weighted by molar-refractivity contribution is 5.94. The van der Waals surface area contributed by atoms with Crippen LogP contribution >= 0.6 is 0 Å². The molecular formula is C20H31N3O. The van der Waals surface area contributed by atoms with Crippen LogP contribution in [0.1, 0.15) is 49.4 Å². The fourth-order valence-electron chi connectivity index (χ4n) is 3.45. The first kappa shape index (κ1) is 17.3. The lowest BCUT2D eigenvalue weighted by atomic mass is 10.0. The summed E-state index contributed by atoms with van der Waals surface area (Å²) in [7, 11) is 2.10. The molecule has 1 aromatic rings.